The van der Waals surface area contributed by atoms with Crippen LogP contribution in [0.4, 0.5) is 22.9 Å². The summed E-state index contributed by atoms with van der Waals surface area (Å²) >= 11 is 0. The molecule has 164 valence electrons. The van der Waals surface area contributed by atoms with Crippen LogP contribution in [0.5, 0.6) is 0 Å². The second kappa shape index (κ2) is 8.83. The molecular formula is C26H28N4O2. The normalized spacial score (nSPS) is 13.3. The van der Waals surface area contributed by atoms with E-state index in [1.165, 1.54) is 18.4 Å². The van der Waals surface area contributed by atoms with Crippen LogP contribution < -0.4 is 16.0 Å². The number of hydrogen-bond acceptors (Lipinski definition) is 4. The molecule has 0 bridgehead atoms. The van der Waals surface area contributed by atoms with Gasteiger partial charge in [0.05, 0.1) is 0 Å². The van der Waals surface area contributed by atoms with E-state index in [1.807, 2.05) is 69.3 Å². The summed E-state index contributed by atoms with van der Waals surface area (Å²) in [7, 11) is 0. The summed E-state index contributed by atoms with van der Waals surface area (Å²) in [6, 6.07) is 19.0. The highest BCUT2D eigenvalue weighted by molar-refractivity contribution is 6.04. The fourth-order valence-corrected chi connectivity index (χ4v) is 3.28. The minimum atomic E-state index is -0.504. The summed E-state index contributed by atoms with van der Waals surface area (Å²) in [4.78, 5) is 29.2. The smallest absolute Gasteiger partial charge is 0.255 e. The van der Waals surface area contributed by atoms with Crippen LogP contribution in [-0.2, 0) is 4.79 Å². The van der Waals surface area contributed by atoms with Crippen molar-refractivity contribution >= 4 is 34.7 Å². The molecule has 0 unspecified atom stereocenters. The van der Waals surface area contributed by atoms with Gasteiger partial charge in [0.25, 0.3) is 5.91 Å². The number of amides is 2. The third-order valence-corrected chi connectivity index (χ3v) is 5.29. The lowest BCUT2D eigenvalue weighted by molar-refractivity contribution is -0.123. The monoisotopic (exact) mass is 428 g/mol. The zero-order chi connectivity index (χ0) is 22.7. The summed E-state index contributed by atoms with van der Waals surface area (Å²) in [5.41, 5.74) is 3.70. The highest BCUT2D eigenvalue weighted by Crippen LogP contribution is 2.40. The molecule has 0 spiro atoms. The van der Waals surface area contributed by atoms with Gasteiger partial charge in [0.15, 0.2) is 0 Å². The number of benzene rings is 2. The van der Waals surface area contributed by atoms with Crippen LogP contribution in [0.25, 0.3) is 0 Å². The highest BCUT2D eigenvalue weighted by atomic mass is 16.2. The van der Waals surface area contributed by atoms with Crippen LogP contribution >= 0.6 is 0 Å². The summed E-state index contributed by atoms with van der Waals surface area (Å²) in [6.45, 7) is 5.56. The van der Waals surface area contributed by atoms with Gasteiger partial charge in [-0.25, -0.2) is 4.98 Å². The predicted octanol–water partition coefficient (Wildman–Crippen LogP) is 5.94. The van der Waals surface area contributed by atoms with Crippen molar-refractivity contribution in [2.75, 3.05) is 16.0 Å². The van der Waals surface area contributed by atoms with Crippen LogP contribution in [0, 0.1) is 5.41 Å². The maximum absolute atomic E-state index is 12.7. The molecule has 32 heavy (non-hydrogen) atoms. The van der Waals surface area contributed by atoms with E-state index in [0.29, 0.717) is 23.0 Å². The van der Waals surface area contributed by atoms with Crippen molar-refractivity contribution in [3.8, 4) is 0 Å². The number of anilines is 4. The number of carbonyl (C=O) groups excluding carboxylic acids is 2. The Morgan fingerprint density at radius 2 is 1.59 bits per heavy atom. The van der Waals surface area contributed by atoms with Gasteiger partial charge in [-0.05, 0) is 60.7 Å². The molecule has 6 heteroatoms. The number of nitrogens with zero attached hydrogens (tertiary/aromatic N) is 1. The largest absolute Gasteiger partial charge is 0.355 e. The highest BCUT2D eigenvalue weighted by Gasteiger charge is 2.24. The molecule has 2 amide bonds. The van der Waals surface area contributed by atoms with Crippen molar-refractivity contribution < 1.29 is 9.59 Å². The topological polar surface area (TPSA) is 83.1 Å². The van der Waals surface area contributed by atoms with Crippen molar-refractivity contribution in [2.45, 2.75) is 39.5 Å². The number of carbonyl (C=O) groups is 2. The Kier molecular flexibility index (Phi) is 5.95. The summed E-state index contributed by atoms with van der Waals surface area (Å²) in [6.07, 6.45) is 4.05. The molecule has 1 aliphatic rings. The predicted molar refractivity (Wildman–Crippen MR) is 128 cm³/mol. The van der Waals surface area contributed by atoms with Gasteiger partial charge in [0, 0.05) is 40.3 Å². The van der Waals surface area contributed by atoms with Gasteiger partial charge >= 0.3 is 0 Å². The average molecular weight is 429 g/mol. The van der Waals surface area contributed by atoms with E-state index < -0.39 is 5.41 Å². The molecule has 1 saturated carbocycles. The zero-order valence-electron chi connectivity index (χ0n) is 18.6. The van der Waals surface area contributed by atoms with Crippen molar-refractivity contribution in [1.29, 1.82) is 0 Å². The molecule has 0 aliphatic heterocycles. The molecule has 0 atom stereocenters. The molecule has 3 N–H and O–H groups in total. The summed E-state index contributed by atoms with van der Waals surface area (Å²) in [5, 5.41) is 9.11. The van der Waals surface area contributed by atoms with Crippen molar-refractivity contribution in [3.05, 3.63) is 78.0 Å². The molecule has 1 aliphatic carbocycles. The van der Waals surface area contributed by atoms with Crippen LogP contribution in [0.3, 0.4) is 0 Å². The number of hydrogen-bond donors (Lipinski definition) is 3. The SMILES string of the molecule is CC(C)(C)C(=O)Nc1cc(Nc2cccc(NC(=O)c3cccc(C4CC4)c3)c2)ccn1. The van der Waals surface area contributed by atoms with Crippen molar-refractivity contribution in [3.63, 3.8) is 0 Å². The second-order valence-electron chi connectivity index (χ2n) is 9.19. The Bertz CT molecular complexity index is 1150. The minimum Gasteiger partial charge on any atom is -0.355 e. The lowest BCUT2D eigenvalue weighted by atomic mass is 9.96. The quantitative estimate of drug-likeness (QED) is 0.454. The van der Waals surface area contributed by atoms with Gasteiger partial charge in [0.1, 0.15) is 5.82 Å². The van der Waals surface area contributed by atoms with E-state index in [4.69, 9.17) is 0 Å². The average Bonchev–Trinajstić information content (AvgIpc) is 3.59. The molecule has 1 heterocycles. The first-order chi connectivity index (χ1) is 15.3. The van der Waals surface area contributed by atoms with Gasteiger partial charge in [0.2, 0.25) is 5.91 Å². The number of pyridine rings is 1. The maximum Gasteiger partial charge on any atom is 0.255 e. The Hall–Kier alpha value is -3.67. The van der Waals surface area contributed by atoms with Crippen LogP contribution in [-0.4, -0.2) is 16.8 Å². The molecule has 6 nitrogen and oxygen atoms in total. The first kappa shape index (κ1) is 21.6. The van der Waals surface area contributed by atoms with Gasteiger partial charge in [-0.3, -0.25) is 9.59 Å². The zero-order valence-corrected chi connectivity index (χ0v) is 18.6. The Morgan fingerprint density at radius 3 is 2.34 bits per heavy atom. The van der Waals surface area contributed by atoms with Crippen LogP contribution in [0.15, 0.2) is 66.9 Å². The fraction of sp³-hybridized carbons (Fsp3) is 0.269. The Morgan fingerprint density at radius 1 is 0.875 bits per heavy atom. The van der Waals surface area contributed by atoms with Crippen molar-refractivity contribution in [1.82, 2.24) is 4.98 Å². The molecule has 3 aromatic rings. The van der Waals surface area contributed by atoms with E-state index in [1.54, 1.807) is 12.3 Å². The van der Waals surface area contributed by atoms with Gasteiger partial charge in [-0.2, -0.15) is 0 Å². The van der Waals surface area contributed by atoms with Gasteiger partial charge < -0.3 is 16.0 Å². The van der Waals surface area contributed by atoms with Gasteiger partial charge in [-0.15, -0.1) is 0 Å². The first-order valence-electron chi connectivity index (χ1n) is 10.8. The van der Waals surface area contributed by atoms with E-state index in [-0.39, 0.29) is 11.8 Å². The molecule has 0 radical (unpaired) electrons. The van der Waals surface area contributed by atoms with E-state index >= 15 is 0 Å². The minimum absolute atomic E-state index is 0.0994. The van der Waals surface area contributed by atoms with Crippen LogP contribution in [0.2, 0.25) is 0 Å². The molecule has 1 fully saturated rings. The molecule has 0 saturated heterocycles. The summed E-state index contributed by atoms with van der Waals surface area (Å²) in [5.74, 6) is 0.863. The second-order valence-corrected chi connectivity index (χ2v) is 9.19. The molecule has 1 aromatic heterocycles. The van der Waals surface area contributed by atoms with E-state index in [9.17, 15) is 9.59 Å². The number of nitrogens with one attached hydrogen (secondary N) is 3. The van der Waals surface area contributed by atoms with Crippen molar-refractivity contribution in [2.24, 2.45) is 5.41 Å². The molecule has 2 aromatic carbocycles. The Balaban J connectivity index is 1.43. The van der Waals surface area contributed by atoms with Gasteiger partial charge in [-0.1, -0.05) is 39.0 Å². The summed E-state index contributed by atoms with van der Waals surface area (Å²) < 4.78 is 0. The Labute approximate surface area is 188 Å². The standard InChI is InChI=1S/C26H28N4O2/c1-26(2,3)25(32)30-23-16-22(12-13-27-23)28-20-8-5-9-21(15-20)29-24(31)19-7-4-6-18(14-19)17-10-11-17/h4-9,12-17H,10-11H2,1-3H3,(H,29,31)(H2,27,28,30,32). The third-order valence-electron chi connectivity index (χ3n) is 5.29. The van der Waals surface area contributed by atoms with E-state index in [0.717, 1.165) is 11.4 Å². The van der Waals surface area contributed by atoms with E-state index in [2.05, 4.69) is 27.0 Å². The molecular weight excluding hydrogens is 400 g/mol. The molecule has 4 rings (SSSR count). The number of aromatic nitrogens is 1. The number of rotatable bonds is 6. The third kappa shape index (κ3) is 5.52. The van der Waals surface area contributed by atoms with Crippen LogP contribution in [0.1, 0.15) is 55.5 Å². The lowest BCUT2D eigenvalue weighted by Crippen LogP contribution is -2.28. The lowest BCUT2D eigenvalue weighted by Gasteiger charge is -2.17. The maximum atomic E-state index is 12.7. The first-order valence-corrected chi connectivity index (χ1v) is 10.8. The fourth-order valence-electron chi connectivity index (χ4n) is 3.28.